The van der Waals surface area contributed by atoms with Crippen LogP contribution in [0.2, 0.25) is 0 Å². The van der Waals surface area contributed by atoms with Crippen molar-refractivity contribution in [1.29, 1.82) is 0 Å². The summed E-state index contributed by atoms with van der Waals surface area (Å²) in [6.45, 7) is 5.31. The molecule has 0 amide bonds. The molecule has 0 aromatic rings. The second kappa shape index (κ2) is 30.2. The maximum absolute atomic E-state index is 13.5. The second-order valence-corrected chi connectivity index (χ2v) is 13.6. The summed E-state index contributed by atoms with van der Waals surface area (Å²) in [5.41, 5.74) is -1.94. The first-order valence-electron chi connectivity index (χ1n) is 19.4. The molecule has 0 aliphatic carbocycles. The zero-order valence-corrected chi connectivity index (χ0v) is 29.9. The predicted molar refractivity (Wildman–Crippen MR) is 187 cm³/mol. The van der Waals surface area contributed by atoms with Crippen molar-refractivity contribution in [3.05, 3.63) is 0 Å². The Morgan fingerprint density at radius 1 is 0.467 bits per heavy atom. The van der Waals surface area contributed by atoms with Gasteiger partial charge in [-0.05, 0) is 19.3 Å². The van der Waals surface area contributed by atoms with Crippen LogP contribution in [0.1, 0.15) is 207 Å². The molecule has 0 spiro atoms. The first-order valence-corrected chi connectivity index (χ1v) is 19.4. The van der Waals surface area contributed by atoms with E-state index in [-0.39, 0.29) is 19.3 Å². The summed E-state index contributed by atoms with van der Waals surface area (Å²) in [5, 5.41) is 29.7. The summed E-state index contributed by atoms with van der Waals surface area (Å²) in [6.07, 6.45) is 27.2. The van der Waals surface area contributed by atoms with Gasteiger partial charge in [-0.3, -0.25) is 14.4 Å². The van der Waals surface area contributed by atoms with Crippen LogP contribution in [-0.4, -0.2) is 51.5 Å². The molecule has 0 aliphatic heterocycles. The minimum atomic E-state index is -1.96. The van der Waals surface area contributed by atoms with Gasteiger partial charge in [0.15, 0.2) is 17.3 Å². The molecule has 0 rings (SSSR count). The molecule has 0 aromatic heterocycles. The number of aliphatic hydroxyl groups excluding tert-OH is 3. The monoisotopic (exact) mass is 639 g/mol. The number of hydrogen-bond acceptors (Lipinski definition) is 6. The van der Waals surface area contributed by atoms with Gasteiger partial charge < -0.3 is 15.3 Å². The molecule has 0 saturated carbocycles. The Hall–Kier alpha value is -1.11. The van der Waals surface area contributed by atoms with Crippen LogP contribution in [0.3, 0.4) is 0 Å². The molecule has 3 N–H and O–H groups in total. The fourth-order valence-electron chi connectivity index (χ4n) is 6.56. The molecule has 0 fully saturated rings. The SMILES string of the molecule is CCCCCCCCCCCCCCCC(=O)C(CC)(C(=O)CCCCCCCCCCCCCCC)C(=O)C(O)C(O)CO. The summed E-state index contributed by atoms with van der Waals surface area (Å²) in [6, 6.07) is 0. The van der Waals surface area contributed by atoms with E-state index >= 15 is 0 Å². The van der Waals surface area contributed by atoms with Gasteiger partial charge in [-0.25, -0.2) is 0 Å². The second-order valence-electron chi connectivity index (χ2n) is 13.6. The average molecular weight is 639 g/mol. The Bertz CT molecular complexity index is 678. The lowest BCUT2D eigenvalue weighted by atomic mass is 9.68. The number of Topliss-reactive ketones (excluding diaryl/α,β-unsaturated/α-hetero) is 3. The van der Waals surface area contributed by atoms with Gasteiger partial charge in [0.05, 0.1) is 6.61 Å². The minimum Gasteiger partial charge on any atom is -0.394 e. The van der Waals surface area contributed by atoms with E-state index in [1.807, 2.05) is 0 Å². The van der Waals surface area contributed by atoms with Crippen LogP contribution >= 0.6 is 0 Å². The van der Waals surface area contributed by atoms with Gasteiger partial charge in [0, 0.05) is 12.8 Å². The lowest BCUT2D eigenvalue weighted by Crippen LogP contribution is -2.53. The van der Waals surface area contributed by atoms with Crippen molar-refractivity contribution < 1.29 is 29.7 Å². The Balaban J connectivity index is 4.61. The highest BCUT2D eigenvalue weighted by Crippen LogP contribution is 2.33. The van der Waals surface area contributed by atoms with Crippen molar-refractivity contribution in [3.63, 3.8) is 0 Å². The molecule has 6 nitrogen and oxygen atoms in total. The van der Waals surface area contributed by atoms with Gasteiger partial charge in [0.2, 0.25) is 0 Å². The fourth-order valence-corrected chi connectivity index (χ4v) is 6.56. The quantitative estimate of drug-likeness (QED) is 0.0471. The maximum atomic E-state index is 13.5. The molecule has 0 heterocycles. The van der Waals surface area contributed by atoms with Crippen molar-refractivity contribution in [2.45, 2.75) is 219 Å². The molecule has 2 atom stereocenters. The van der Waals surface area contributed by atoms with E-state index in [1.54, 1.807) is 6.92 Å². The first-order chi connectivity index (χ1) is 21.8. The van der Waals surface area contributed by atoms with Gasteiger partial charge in [-0.1, -0.05) is 175 Å². The van der Waals surface area contributed by atoms with Crippen LogP contribution < -0.4 is 0 Å². The van der Waals surface area contributed by atoms with Crippen molar-refractivity contribution in [2.24, 2.45) is 5.41 Å². The van der Waals surface area contributed by atoms with Crippen LogP contribution in [0, 0.1) is 5.41 Å². The lowest BCUT2D eigenvalue weighted by Gasteiger charge is -2.31. The number of carbonyl (C=O) groups is 3. The zero-order valence-electron chi connectivity index (χ0n) is 29.9. The van der Waals surface area contributed by atoms with E-state index < -0.39 is 41.6 Å². The van der Waals surface area contributed by atoms with Crippen molar-refractivity contribution in [3.8, 4) is 0 Å². The van der Waals surface area contributed by atoms with Crippen molar-refractivity contribution >= 4 is 17.3 Å². The first kappa shape index (κ1) is 43.9. The third-order valence-electron chi connectivity index (χ3n) is 9.74. The number of rotatable bonds is 35. The summed E-state index contributed by atoms with van der Waals surface area (Å²) in [4.78, 5) is 40.5. The van der Waals surface area contributed by atoms with E-state index in [9.17, 15) is 29.7 Å². The lowest BCUT2D eigenvalue weighted by molar-refractivity contribution is -0.157. The Labute approximate surface area is 277 Å². The molecule has 266 valence electrons. The van der Waals surface area contributed by atoms with E-state index in [1.165, 1.54) is 116 Å². The van der Waals surface area contributed by atoms with Gasteiger partial charge in [-0.2, -0.15) is 0 Å². The van der Waals surface area contributed by atoms with Crippen LogP contribution in [0.15, 0.2) is 0 Å². The molecule has 0 saturated heterocycles. The molecular formula is C39H74O6. The Kier molecular flexibility index (Phi) is 29.5. The molecular weight excluding hydrogens is 564 g/mol. The van der Waals surface area contributed by atoms with Crippen LogP contribution in [0.5, 0.6) is 0 Å². The number of hydrogen-bond donors (Lipinski definition) is 3. The molecule has 0 bridgehead atoms. The van der Waals surface area contributed by atoms with Crippen molar-refractivity contribution in [1.82, 2.24) is 0 Å². The summed E-state index contributed by atoms with van der Waals surface area (Å²) in [7, 11) is 0. The van der Waals surface area contributed by atoms with E-state index in [2.05, 4.69) is 13.8 Å². The average Bonchev–Trinajstić information content (AvgIpc) is 3.05. The molecule has 45 heavy (non-hydrogen) atoms. The number of aliphatic hydroxyl groups is 3. The van der Waals surface area contributed by atoms with Crippen molar-refractivity contribution in [2.75, 3.05) is 6.61 Å². The largest absolute Gasteiger partial charge is 0.394 e. The topological polar surface area (TPSA) is 112 Å². The summed E-state index contributed by atoms with van der Waals surface area (Å²) >= 11 is 0. The Morgan fingerprint density at radius 2 is 0.733 bits per heavy atom. The smallest absolute Gasteiger partial charge is 0.184 e. The van der Waals surface area contributed by atoms with E-state index in [0.29, 0.717) is 12.8 Å². The number of unbranched alkanes of at least 4 members (excludes halogenated alkanes) is 24. The van der Waals surface area contributed by atoms with E-state index in [0.717, 1.165) is 38.5 Å². The highest BCUT2D eigenvalue weighted by Gasteiger charge is 2.52. The van der Waals surface area contributed by atoms with Gasteiger partial charge in [0.25, 0.3) is 0 Å². The standard InChI is InChI=1S/C39H74O6/c1-4-7-9-11-13-15-17-19-21-23-25-27-29-31-35(42)39(6-3,38(45)37(44)34(41)33-40)36(43)32-30-28-26-24-22-20-18-16-14-12-10-8-5-2/h34,37,40-41,44H,4-33H2,1-3H3. The fraction of sp³-hybridized carbons (Fsp3) is 0.923. The highest BCUT2D eigenvalue weighted by molar-refractivity contribution is 6.25. The molecule has 2 unspecified atom stereocenters. The van der Waals surface area contributed by atoms with Crippen LogP contribution in [-0.2, 0) is 14.4 Å². The normalized spacial score (nSPS) is 13.2. The third kappa shape index (κ3) is 20.0. The molecule has 0 aliphatic rings. The predicted octanol–water partition coefficient (Wildman–Crippen LogP) is 9.77. The minimum absolute atomic E-state index is 0.0321. The molecule has 6 heteroatoms. The number of carbonyl (C=O) groups excluding carboxylic acids is 3. The summed E-state index contributed by atoms with van der Waals surface area (Å²) in [5.74, 6) is -1.84. The maximum Gasteiger partial charge on any atom is 0.184 e. The third-order valence-corrected chi connectivity index (χ3v) is 9.74. The Morgan fingerprint density at radius 3 is 0.978 bits per heavy atom. The highest BCUT2D eigenvalue weighted by atomic mass is 16.4. The van der Waals surface area contributed by atoms with Crippen LogP contribution in [0.25, 0.3) is 0 Å². The zero-order chi connectivity index (χ0) is 33.6. The van der Waals surface area contributed by atoms with E-state index in [4.69, 9.17) is 0 Å². The van der Waals surface area contributed by atoms with Crippen LogP contribution in [0.4, 0.5) is 0 Å². The van der Waals surface area contributed by atoms with Gasteiger partial charge >= 0.3 is 0 Å². The van der Waals surface area contributed by atoms with Gasteiger partial charge in [0.1, 0.15) is 17.6 Å². The number of ketones is 3. The molecule has 0 aromatic carbocycles. The van der Waals surface area contributed by atoms with Gasteiger partial charge in [-0.15, -0.1) is 0 Å². The molecule has 0 radical (unpaired) electrons. The summed E-state index contributed by atoms with van der Waals surface area (Å²) < 4.78 is 0.